The molecule has 0 unspecified atom stereocenters. The van der Waals surface area contributed by atoms with E-state index in [1.54, 1.807) is 4.90 Å². The summed E-state index contributed by atoms with van der Waals surface area (Å²) in [7, 11) is 0. The minimum absolute atomic E-state index is 0.243. The van der Waals surface area contributed by atoms with Gasteiger partial charge in [0.25, 0.3) is 0 Å². The van der Waals surface area contributed by atoms with Crippen molar-refractivity contribution in [2.24, 2.45) is 5.92 Å². The van der Waals surface area contributed by atoms with E-state index in [1.165, 1.54) is 5.56 Å². The molecule has 0 atom stereocenters. The van der Waals surface area contributed by atoms with Crippen LogP contribution >= 0.6 is 0 Å². The third-order valence-corrected chi connectivity index (χ3v) is 4.86. The lowest BCUT2D eigenvalue weighted by atomic mass is 9.89. The number of carbonyl (C=O) groups is 2. The molecule has 5 heteroatoms. The molecule has 1 saturated heterocycles. The molecule has 0 aromatic heterocycles. The number of amides is 1. The van der Waals surface area contributed by atoms with Crippen LogP contribution < -0.4 is 0 Å². The van der Waals surface area contributed by atoms with Crippen molar-refractivity contribution in [3.63, 3.8) is 0 Å². The first kappa shape index (κ1) is 24.0. The summed E-state index contributed by atoms with van der Waals surface area (Å²) in [6.07, 6.45) is 4.82. The minimum Gasteiger partial charge on any atom is -0.457 e. The number of benzene rings is 1. The van der Waals surface area contributed by atoms with Gasteiger partial charge in [-0.3, -0.25) is 0 Å². The molecule has 0 N–H and O–H groups in total. The van der Waals surface area contributed by atoms with Crippen molar-refractivity contribution < 1.29 is 19.1 Å². The van der Waals surface area contributed by atoms with Crippen LogP contribution in [0.5, 0.6) is 0 Å². The van der Waals surface area contributed by atoms with Crippen LogP contribution in [0.1, 0.15) is 66.4 Å². The van der Waals surface area contributed by atoms with E-state index in [2.05, 4.69) is 12.1 Å². The van der Waals surface area contributed by atoms with Crippen molar-refractivity contribution in [3.8, 4) is 0 Å². The third-order valence-electron chi connectivity index (χ3n) is 4.86. The number of nitrogens with zero attached hydrogens (tertiary/aromatic N) is 1. The predicted molar refractivity (Wildman–Crippen MR) is 119 cm³/mol. The summed E-state index contributed by atoms with van der Waals surface area (Å²) in [6.45, 7) is 12.6. The Morgan fingerprint density at radius 3 is 2.07 bits per heavy atom. The van der Waals surface area contributed by atoms with E-state index in [-0.39, 0.29) is 12.1 Å². The van der Waals surface area contributed by atoms with Crippen LogP contribution in [0.15, 0.2) is 42.0 Å². The van der Waals surface area contributed by atoms with Crippen LogP contribution in [-0.4, -0.2) is 41.3 Å². The molecule has 0 spiro atoms. The Morgan fingerprint density at radius 1 is 0.967 bits per heavy atom. The number of rotatable bonds is 5. The second kappa shape index (κ2) is 10.1. The van der Waals surface area contributed by atoms with Crippen molar-refractivity contribution in [2.75, 3.05) is 13.1 Å². The van der Waals surface area contributed by atoms with E-state index in [0.29, 0.717) is 31.8 Å². The van der Waals surface area contributed by atoms with Gasteiger partial charge in [-0.2, -0.15) is 0 Å². The zero-order valence-corrected chi connectivity index (χ0v) is 19.4. The largest absolute Gasteiger partial charge is 0.457 e. The summed E-state index contributed by atoms with van der Waals surface area (Å²) in [6, 6.07) is 10.1. The van der Waals surface area contributed by atoms with Crippen LogP contribution in [-0.2, 0) is 20.7 Å². The Morgan fingerprint density at radius 2 is 1.53 bits per heavy atom. The summed E-state index contributed by atoms with van der Waals surface area (Å²) >= 11 is 0. The maximum atomic E-state index is 12.8. The zero-order valence-electron chi connectivity index (χ0n) is 19.4. The van der Waals surface area contributed by atoms with E-state index in [1.807, 2.05) is 65.8 Å². The van der Waals surface area contributed by atoms with Gasteiger partial charge < -0.3 is 14.4 Å². The molecule has 1 amide bonds. The molecule has 2 rings (SSSR count). The highest BCUT2D eigenvalue weighted by molar-refractivity contribution is 5.88. The Hall–Kier alpha value is -2.30. The SMILES string of the molecule is CC(C)(C)OC(=O)C(=CCc1ccccc1)CC1CCN(C(=O)OC(C)(C)C)CC1. The molecule has 30 heavy (non-hydrogen) atoms. The maximum absolute atomic E-state index is 12.8. The number of ether oxygens (including phenoxy) is 2. The summed E-state index contributed by atoms with van der Waals surface area (Å²) in [5.74, 6) is 0.103. The number of likely N-dealkylation sites (tertiary alicyclic amines) is 1. The Labute approximate surface area is 181 Å². The molecule has 1 aromatic rings. The molecule has 0 radical (unpaired) electrons. The number of piperidine rings is 1. The van der Waals surface area contributed by atoms with Gasteiger partial charge in [0.1, 0.15) is 11.2 Å². The van der Waals surface area contributed by atoms with Crippen LogP contribution in [0.3, 0.4) is 0 Å². The highest BCUT2D eigenvalue weighted by Crippen LogP contribution is 2.27. The summed E-state index contributed by atoms with van der Waals surface area (Å²) < 4.78 is 11.1. The fraction of sp³-hybridized carbons (Fsp3) is 0.600. The molecule has 0 aliphatic carbocycles. The quantitative estimate of drug-likeness (QED) is 0.468. The molecule has 1 aliphatic heterocycles. The van der Waals surface area contributed by atoms with Crippen LogP contribution in [0.25, 0.3) is 0 Å². The first-order valence-electron chi connectivity index (χ1n) is 10.9. The van der Waals surface area contributed by atoms with Crippen LogP contribution in [0, 0.1) is 5.92 Å². The average molecular weight is 416 g/mol. The van der Waals surface area contributed by atoms with Crippen molar-refractivity contribution in [3.05, 3.63) is 47.5 Å². The Bertz CT molecular complexity index is 733. The number of esters is 1. The van der Waals surface area contributed by atoms with Crippen molar-refractivity contribution >= 4 is 12.1 Å². The molecule has 1 aliphatic rings. The summed E-state index contributed by atoms with van der Waals surface area (Å²) in [4.78, 5) is 26.9. The topological polar surface area (TPSA) is 55.8 Å². The number of hydrogen-bond acceptors (Lipinski definition) is 4. The molecule has 0 saturated carbocycles. The highest BCUT2D eigenvalue weighted by Gasteiger charge is 2.29. The number of allylic oxidation sites excluding steroid dienone is 1. The monoisotopic (exact) mass is 415 g/mol. The normalized spacial score (nSPS) is 16.3. The van der Waals surface area contributed by atoms with Gasteiger partial charge >= 0.3 is 12.1 Å². The molecule has 166 valence electrons. The van der Waals surface area contributed by atoms with Gasteiger partial charge in [0, 0.05) is 18.7 Å². The van der Waals surface area contributed by atoms with E-state index in [4.69, 9.17) is 9.47 Å². The predicted octanol–water partition coefficient (Wildman–Crippen LogP) is 5.53. The lowest BCUT2D eigenvalue weighted by molar-refractivity contribution is -0.150. The van der Waals surface area contributed by atoms with E-state index in [9.17, 15) is 9.59 Å². The van der Waals surface area contributed by atoms with E-state index in [0.717, 1.165) is 18.4 Å². The van der Waals surface area contributed by atoms with Gasteiger partial charge in [-0.1, -0.05) is 36.4 Å². The van der Waals surface area contributed by atoms with Gasteiger partial charge in [-0.25, -0.2) is 9.59 Å². The van der Waals surface area contributed by atoms with E-state index >= 15 is 0 Å². The molecular weight excluding hydrogens is 378 g/mol. The molecule has 5 nitrogen and oxygen atoms in total. The zero-order chi connectivity index (χ0) is 22.4. The van der Waals surface area contributed by atoms with Crippen molar-refractivity contribution in [1.82, 2.24) is 4.90 Å². The second-order valence-electron chi connectivity index (χ2n) is 10.0. The molecule has 1 fully saturated rings. The number of carbonyl (C=O) groups excluding carboxylic acids is 2. The van der Waals surface area contributed by atoms with Gasteiger partial charge in [0.2, 0.25) is 0 Å². The Balaban J connectivity index is 2.00. The summed E-state index contributed by atoms with van der Waals surface area (Å²) in [5, 5.41) is 0. The van der Waals surface area contributed by atoms with Gasteiger partial charge in [0.05, 0.1) is 0 Å². The highest BCUT2D eigenvalue weighted by atomic mass is 16.6. The smallest absolute Gasteiger partial charge is 0.410 e. The van der Waals surface area contributed by atoms with Gasteiger partial charge in [0.15, 0.2) is 0 Å². The first-order valence-corrected chi connectivity index (χ1v) is 10.9. The van der Waals surface area contributed by atoms with Crippen LogP contribution in [0.4, 0.5) is 4.79 Å². The van der Waals surface area contributed by atoms with Gasteiger partial charge in [-0.05, 0) is 78.7 Å². The second-order valence-corrected chi connectivity index (χ2v) is 10.0. The van der Waals surface area contributed by atoms with Crippen LogP contribution in [0.2, 0.25) is 0 Å². The first-order chi connectivity index (χ1) is 13.9. The Kier molecular flexibility index (Phi) is 8.10. The molecular formula is C25H37NO4. The lowest BCUT2D eigenvalue weighted by Gasteiger charge is -2.33. The van der Waals surface area contributed by atoms with Crippen molar-refractivity contribution in [1.29, 1.82) is 0 Å². The minimum atomic E-state index is -0.525. The fourth-order valence-corrected chi connectivity index (χ4v) is 3.41. The molecule has 0 bridgehead atoms. The molecule has 1 heterocycles. The number of hydrogen-bond donors (Lipinski definition) is 0. The standard InChI is InChI=1S/C25H37NO4/c1-24(2,3)29-22(27)21(13-12-19-10-8-7-9-11-19)18-20-14-16-26(17-15-20)23(28)30-25(4,5)6/h7-11,13,20H,12,14-18H2,1-6H3. The van der Waals surface area contributed by atoms with Gasteiger partial charge in [-0.15, -0.1) is 0 Å². The summed E-state index contributed by atoms with van der Waals surface area (Å²) in [5.41, 5.74) is 0.879. The maximum Gasteiger partial charge on any atom is 0.410 e. The van der Waals surface area contributed by atoms with E-state index < -0.39 is 11.2 Å². The van der Waals surface area contributed by atoms with Crippen molar-refractivity contribution in [2.45, 2.75) is 78.4 Å². The lowest BCUT2D eigenvalue weighted by Crippen LogP contribution is -2.41. The molecule has 1 aromatic carbocycles. The fourth-order valence-electron chi connectivity index (χ4n) is 3.41. The third kappa shape index (κ3) is 8.60. The average Bonchev–Trinajstić information content (AvgIpc) is 2.63.